The highest BCUT2D eigenvalue weighted by molar-refractivity contribution is 6.42. The summed E-state index contributed by atoms with van der Waals surface area (Å²) in [4.78, 5) is 2.50. The van der Waals surface area contributed by atoms with Crippen LogP contribution in [-0.4, -0.2) is 30.6 Å². The maximum absolute atomic E-state index is 6.13. The van der Waals surface area contributed by atoms with Crippen molar-refractivity contribution in [3.63, 3.8) is 0 Å². The molecule has 20 heavy (non-hydrogen) atoms. The van der Waals surface area contributed by atoms with E-state index >= 15 is 0 Å². The lowest BCUT2D eigenvalue weighted by molar-refractivity contribution is 0.184. The van der Waals surface area contributed by atoms with Crippen molar-refractivity contribution in [2.24, 2.45) is 0 Å². The molecule has 1 heterocycles. The van der Waals surface area contributed by atoms with Gasteiger partial charge in [0, 0.05) is 18.6 Å². The lowest BCUT2D eigenvalue weighted by Crippen LogP contribution is -2.44. The van der Waals surface area contributed by atoms with Crippen LogP contribution in [0.25, 0.3) is 0 Å². The third kappa shape index (κ3) is 4.11. The number of rotatable bonds is 5. The normalized spacial score (nSPS) is 21.1. The monoisotopic (exact) mass is 314 g/mol. The molecular formula is C16H24Cl2N2. The van der Waals surface area contributed by atoms with E-state index in [2.05, 4.69) is 30.1 Å². The Balaban J connectivity index is 2.03. The van der Waals surface area contributed by atoms with Gasteiger partial charge in [-0.15, -0.1) is 0 Å². The second kappa shape index (κ2) is 7.65. The molecule has 1 aliphatic rings. The summed E-state index contributed by atoms with van der Waals surface area (Å²) in [5, 5.41) is 4.89. The lowest BCUT2D eigenvalue weighted by Gasteiger charge is -2.34. The van der Waals surface area contributed by atoms with Gasteiger partial charge >= 0.3 is 0 Å². The van der Waals surface area contributed by atoms with Gasteiger partial charge in [-0.2, -0.15) is 0 Å². The van der Waals surface area contributed by atoms with Gasteiger partial charge < -0.3 is 5.32 Å². The number of benzene rings is 1. The summed E-state index contributed by atoms with van der Waals surface area (Å²) in [7, 11) is 0. The quantitative estimate of drug-likeness (QED) is 0.859. The average molecular weight is 315 g/mol. The fraction of sp³-hybridized carbons (Fsp3) is 0.625. The van der Waals surface area contributed by atoms with Gasteiger partial charge in [-0.05, 0) is 50.6 Å². The molecule has 2 nitrogen and oxygen atoms in total. The van der Waals surface area contributed by atoms with Crippen molar-refractivity contribution < 1.29 is 0 Å². The van der Waals surface area contributed by atoms with Crippen molar-refractivity contribution in [1.82, 2.24) is 10.2 Å². The van der Waals surface area contributed by atoms with Crippen LogP contribution in [0, 0.1) is 0 Å². The van der Waals surface area contributed by atoms with Crippen LogP contribution in [-0.2, 0) is 0 Å². The van der Waals surface area contributed by atoms with Crippen LogP contribution >= 0.6 is 23.2 Å². The highest BCUT2D eigenvalue weighted by Gasteiger charge is 2.20. The topological polar surface area (TPSA) is 15.3 Å². The van der Waals surface area contributed by atoms with Gasteiger partial charge in [0.05, 0.1) is 10.0 Å². The molecule has 0 saturated carbocycles. The number of likely N-dealkylation sites (N-methyl/N-ethyl adjacent to an activating group) is 1. The van der Waals surface area contributed by atoms with Gasteiger partial charge in [0.25, 0.3) is 0 Å². The number of nitrogens with one attached hydrogen (secondary N) is 1. The molecule has 2 atom stereocenters. The molecule has 0 spiro atoms. The van der Waals surface area contributed by atoms with E-state index in [9.17, 15) is 0 Å². The fourth-order valence-electron chi connectivity index (χ4n) is 2.91. The van der Waals surface area contributed by atoms with Crippen LogP contribution in [0.15, 0.2) is 18.2 Å². The number of piperidine rings is 1. The Labute approximate surface area is 132 Å². The molecule has 1 fully saturated rings. The van der Waals surface area contributed by atoms with Crippen LogP contribution in [0.3, 0.4) is 0 Å². The summed E-state index contributed by atoms with van der Waals surface area (Å²) in [6.07, 6.45) is 3.94. The number of halogens is 2. The minimum atomic E-state index is 0.360. The summed E-state index contributed by atoms with van der Waals surface area (Å²) in [6.45, 7) is 7.75. The molecule has 1 aromatic rings. The van der Waals surface area contributed by atoms with Crippen LogP contribution < -0.4 is 5.32 Å². The van der Waals surface area contributed by atoms with E-state index in [0.717, 1.165) is 19.6 Å². The molecule has 0 amide bonds. The molecule has 1 N–H and O–H groups in total. The standard InChI is InChI=1S/C16H24Cl2N2/c1-3-20(11-14-6-4-5-9-19-14)12(2)13-7-8-15(17)16(18)10-13/h7-8,10,12,14,19H,3-6,9,11H2,1-2H3. The molecule has 112 valence electrons. The van der Waals surface area contributed by atoms with Crippen LogP contribution in [0.4, 0.5) is 0 Å². The van der Waals surface area contributed by atoms with Crippen molar-refractivity contribution >= 4 is 23.2 Å². The van der Waals surface area contributed by atoms with Crippen molar-refractivity contribution in [1.29, 1.82) is 0 Å². The minimum Gasteiger partial charge on any atom is -0.313 e. The first-order chi connectivity index (χ1) is 9.61. The zero-order valence-electron chi connectivity index (χ0n) is 12.3. The zero-order chi connectivity index (χ0) is 14.5. The van der Waals surface area contributed by atoms with Crippen molar-refractivity contribution in [3.05, 3.63) is 33.8 Å². The Bertz CT molecular complexity index is 430. The molecule has 1 saturated heterocycles. The summed E-state index contributed by atoms with van der Waals surface area (Å²) in [5.41, 5.74) is 1.23. The molecule has 4 heteroatoms. The predicted molar refractivity (Wildman–Crippen MR) is 87.8 cm³/mol. The minimum absolute atomic E-state index is 0.360. The van der Waals surface area contributed by atoms with E-state index in [1.54, 1.807) is 0 Å². The lowest BCUT2D eigenvalue weighted by atomic mass is 10.0. The SMILES string of the molecule is CCN(CC1CCCCN1)C(C)c1ccc(Cl)c(Cl)c1. The predicted octanol–water partition coefficient (Wildman–Crippen LogP) is 4.52. The second-order valence-electron chi connectivity index (χ2n) is 5.58. The third-order valence-electron chi connectivity index (χ3n) is 4.25. The number of hydrogen-bond acceptors (Lipinski definition) is 2. The summed E-state index contributed by atoms with van der Waals surface area (Å²) in [5.74, 6) is 0. The molecular weight excluding hydrogens is 291 g/mol. The van der Waals surface area contributed by atoms with Gasteiger partial charge in [0.15, 0.2) is 0 Å². The first kappa shape index (κ1) is 16.1. The summed E-state index contributed by atoms with van der Waals surface area (Å²) < 4.78 is 0. The molecule has 2 unspecified atom stereocenters. The smallest absolute Gasteiger partial charge is 0.0595 e. The Kier molecular flexibility index (Phi) is 6.16. The largest absolute Gasteiger partial charge is 0.313 e. The molecule has 1 aromatic carbocycles. The molecule has 2 rings (SSSR count). The Morgan fingerprint density at radius 2 is 2.10 bits per heavy atom. The van der Waals surface area contributed by atoms with Gasteiger partial charge in [-0.1, -0.05) is 42.6 Å². The molecule has 0 aliphatic carbocycles. The Hall–Kier alpha value is -0.280. The third-order valence-corrected chi connectivity index (χ3v) is 4.99. The molecule has 0 radical (unpaired) electrons. The van der Waals surface area contributed by atoms with E-state index < -0.39 is 0 Å². The first-order valence-electron chi connectivity index (χ1n) is 7.54. The Morgan fingerprint density at radius 3 is 2.70 bits per heavy atom. The maximum atomic E-state index is 6.13. The highest BCUT2D eigenvalue weighted by atomic mass is 35.5. The number of nitrogens with zero attached hydrogens (tertiary/aromatic N) is 1. The Morgan fingerprint density at radius 1 is 1.30 bits per heavy atom. The van der Waals surface area contributed by atoms with E-state index in [1.165, 1.54) is 24.8 Å². The van der Waals surface area contributed by atoms with Crippen molar-refractivity contribution in [3.8, 4) is 0 Å². The van der Waals surface area contributed by atoms with Gasteiger partial charge in [0.1, 0.15) is 0 Å². The maximum Gasteiger partial charge on any atom is 0.0595 e. The zero-order valence-corrected chi connectivity index (χ0v) is 13.8. The highest BCUT2D eigenvalue weighted by Crippen LogP contribution is 2.28. The van der Waals surface area contributed by atoms with Crippen molar-refractivity contribution in [2.75, 3.05) is 19.6 Å². The molecule has 0 bridgehead atoms. The summed E-state index contributed by atoms with van der Waals surface area (Å²) >= 11 is 12.1. The van der Waals surface area contributed by atoms with E-state index in [-0.39, 0.29) is 0 Å². The van der Waals surface area contributed by atoms with Crippen LogP contribution in [0.5, 0.6) is 0 Å². The molecule has 1 aliphatic heterocycles. The van der Waals surface area contributed by atoms with Gasteiger partial charge in [-0.3, -0.25) is 4.90 Å². The number of hydrogen-bond donors (Lipinski definition) is 1. The van der Waals surface area contributed by atoms with Gasteiger partial charge in [-0.25, -0.2) is 0 Å². The van der Waals surface area contributed by atoms with E-state index in [4.69, 9.17) is 23.2 Å². The van der Waals surface area contributed by atoms with E-state index in [0.29, 0.717) is 22.1 Å². The first-order valence-corrected chi connectivity index (χ1v) is 8.29. The van der Waals surface area contributed by atoms with E-state index in [1.807, 2.05) is 12.1 Å². The van der Waals surface area contributed by atoms with Crippen LogP contribution in [0.1, 0.15) is 44.7 Å². The second-order valence-corrected chi connectivity index (χ2v) is 6.40. The molecule has 0 aromatic heterocycles. The van der Waals surface area contributed by atoms with Gasteiger partial charge in [0.2, 0.25) is 0 Å². The van der Waals surface area contributed by atoms with Crippen molar-refractivity contribution in [2.45, 2.75) is 45.2 Å². The van der Waals surface area contributed by atoms with Crippen LogP contribution in [0.2, 0.25) is 10.0 Å². The summed E-state index contributed by atoms with van der Waals surface area (Å²) in [6, 6.07) is 6.94. The fourth-order valence-corrected chi connectivity index (χ4v) is 3.21. The average Bonchev–Trinajstić information content (AvgIpc) is 2.48.